The number of halogens is 1. The number of benzene rings is 1. The summed E-state index contributed by atoms with van der Waals surface area (Å²) in [7, 11) is 0. The Morgan fingerprint density at radius 1 is 1.21 bits per heavy atom. The van der Waals surface area contributed by atoms with Crippen molar-refractivity contribution >= 4 is 11.6 Å². The molecule has 1 aromatic carbocycles. The molecule has 1 saturated heterocycles. The van der Waals surface area contributed by atoms with Crippen LogP contribution in [0.5, 0.6) is 0 Å². The quantitative estimate of drug-likeness (QED) is 0.790. The number of hydrogen-bond acceptors (Lipinski definition) is 1. The number of piperidine rings is 1. The van der Waals surface area contributed by atoms with E-state index in [1.165, 1.54) is 37.8 Å². The summed E-state index contributed by atoms with van der Waals surface area (Å²) in [5.41, 5.74) is 2.33. The van der Waals surface area contributed by atoms with Crippen LogP contribution in [0.25, 0.3) is 0 Å². The van der Waals surface area contributed by atoms with Gasteiger partial charge < -0.3 is 5.32 Å². The smallest absolute Gasteiger partial charge is 0.0408 e. The summed E-state index contributed by atoms with van der Waals surface area (Å²) in [6, 6.07) is 8.52. The van der Waals surface area contributed by atoms with E-state index in [1.54, 1.807) is 0 Å². The fourth-order valence-electron chi connectivity index (χ4n) is 4.63. The molecule has 1 saturated carbocycles. The van der Waals surface area contributed by atoms with E-state index in [0.717, 1.165) is 11.6 Å². The van der Waals surface area contributed by atoms with Crippen molar-refractivity contribution in [2.75, 3.05) is 13.1 Å². The Bertz CT molecular complexity index is 468. The zero-order valence-corrected chi connectivity index (χ0v) is 12.8. The fourth-order valence-corrected chi connectivity index (χ4v) is 4.83. The Kier molecular flexibility index (Phi) is 3.39. The maximum atomic E-state index is 6.21. The minimum absolute atomic E-state index is 0.447. The van der Waals surface area contributed by atoms with Crippen LogP contribution in [0.15, 0.2) is 24.3 Å². The third-order valence-corrected chi connectivity index (χ3v) is 6.02. The van der Waals surface area contributed by atoms with Crippen LogP contribution in [0.3, 0.4) is 0 Å². The number of rotatable bonds is 1. The highest BCUT2D eigenvalue weighted by atomic mass is 35.5. The zero-order valence-electron chi connectivity index (χ0n) is 12.0. The van der Waals surface area contributed by atoms with Crippen LogP contribution in [0.2, 0.25) is 5.02 Å². The van der Waals surface area contributed by atoms with Gasteiger partial charge in [-0.05, 0) is 54.3 Å². The van der Waals surface area contributed by atoms with Gasteiger partial charge in [-0.25, -0.2) is 0 Å². The van der Waals surface area contributed by atoms with Gasteiger partial charge in [0, 0.05) is 17.5 Å². The third kappa shape index (κ3) is 2.11. The molecule has 1 aromatic rings. The summed E-state index contributed by atoms with van der Waals surface area (Å²) in [4.78, 5) is 0. The summed E-state index contributed by atoms with van der Waals surface area (Å²) in [6.07, 6.45) is 5.42. The van der Waals surface area contributed by atoms with E-state index in [-0.39, 0.29) is 0 Å². The molecule has 1 aliphatic carbocycles. The molecule has 2 unspecified atom stereocenters. The lowest BCUT2D eigenvalue weighted by Crippen LogP contribution is -2.48. The first-order chi connectivity index (χ1) is 9.05. The molecule has 2 aliphatic rings. The molecule has 0 bridgehead atoms. The van der Waals surface area contributed by atoms with E-state index < -0.39 is 0 Å². The van der Waals surface area contributed by atoms with Gasteiger partial charge in [-0.2, -0.15) is 0 Å². The lowest BCUT2D eigenvalue weighted by Gasteiger charge is -2.51. The second kappa shape index (κ2) is 4.79. The summed E-state index contributed by atoms with van der Waals surface area (Å²) >= 11 is 6.21. The monoisotopic (exact) mass is 277 g/mol. The maximum absolute atomic E-state index is 6.21. The van der Waals surface area contributed by atoms with E-state index >= 15 is 0 Å². The highest BCUT2D eigenvalue weighted by Crippen LogP contribution is 2.62. The van der Waals surface area contributed by atoms with Crippen molar-refractivity contribution in [2.24, 2.45) is 10.8 Å². The van der Waals surface area contributed by atoms with Gasteiger partial charge in [0.15, 0.2) is 0 Å². The molecule has 2 heteroatoms. The predicted octanol–water partition coefficient (Wildman–Crippen LogP) is 4.61. The average molecular weight is 278 g/mol. The first-order valence-electron chi connectivity index (χ1n) is 7.51. The minimum Gasteiger partial charge on any atom is -0.316 e. The Balaban J connectivity index is 2.02. The number of nitrogens with one attached hydrogen (secondary N) is 1. The van der Waals surface area contributed by atoms with Crippen molar-refractivity contribution in [2.45, 2.75) is 45.4 Å². The molecule has 1 aliphatic heterocycles. The van der Waals surface area contributed by atoms with Gasteiger partial charge in [-0.15, -0.1) is 0 Å². The molecular formula is C17H24ClN. The minimum atomic E-state index is 0.447. The van der Waals surface area contributed by atoms with Crippen molar-refractivity contribution in [3.05, 3.63) is 34.9 Å². The summed E-state index contributed by atoms with van der Waals surface area (Å²) in [5.74, 6) is 0.609. The Morgan fingerprint density at radius 2 is 2.05 bits per heavy atom. The average Bonchev–Trinajstić information content (AvgIpc) is 2.66. The molecule has 3 rings (SSSR count). The van der Waals surface area contributed by atoms with E-state index in [4.69, 9.17) is 11.6 Å². The van der Waals surface area contributed by atoms with E-state index in [0.29, 0.717) is 16.7 Å². The first-order valence-corrected chi connectivity index (χ1v) is 7.89. The summed E-state index contributed by atoms with van der Waals surface area (Å²) in [6.45, 7) is 7.22. The van der Waals surface area contributed by atoms with Crippen LogP contribution in [-0.4, -0.2) is 13.1 Å². The van der Waals surface area contributed by atoms with Crippen LogP contribution in [0.4, 0.5) is 0 Å². The molecule has 1 spiro atoms. The van der Waals surface area contributed by atoms with Gasteiger partial charge in [-0.3, -0.25) is 0 Å². The Hall–Kier alpha value is -0.530. The first kappa shape index (κ1) is 13.5. The molecule has 0 aromatic heterocycles. The van der Waals surface area contributed by atoms with Gasteiger partial charge in [0.25, 0.3) is 0 Å². The van der Waals surface area contributed by atoms with Crippen LogP contribution in [0, 0.1) is 10.8 Å². The summed E-state index contributed by atoms with van der Waals surface area (Å²) < 4.78 is 0. The van der Waals surface area contributed by atoms with E-state index in [1.807, 2.05) is 6.07 Å². The normalized spacial score (nSPS) is 33.7. The lowest BCUT2D eigenvalue weighted by atomic mass is 9.56. The fraction of sp³-hybridized carbons (Fsp3) is 0.647. The van der Waals surface area contributed by atoms with Crippen LogP contribution < -0.4 is 5.32 Å². The Morgan fingerprint density at radius 3 is 2.74 bits per heavy atom. The SMILES string of the molecule is CC1(C)CCCC12CCNCC2c1cccc(Cl)c1. The topological polar surface area (TPSA) is 12.0 Å². The van der Waals surface area contributed by atoms with Crippen LogP contribution >= 0.6 is 11.6 Å². The second-order valence-electron chi connectivity index (χ2n) is 6.96. The molecule has 2 fully saturated rings. The van der Waals surface area contributed by atoms with Gasteiger partial charge in [0.2, 0.25) is 0 Å². The van der Waals surface area contributed by atoms with Crippen molar-refractivity contribution in [1.82, 2.24) is 5.32 Å². The molecule has 1 heterocycles. The number of hydrogen-bond donors (Lipinski definition) is 1. The largest absolute Gasteiger partial charge is 0.316 e. The molecule has 0 radical (unpaired) electrons. The van der Waals surface area contributed by atoms with Gasteiger partial charge >= 0.3 is 0 Å². The van der Waals surface area contributed by atoms with E-state index in [2.05, 4.69) is 37.4 Å². The second-order valence-corrected chi connectivity index (χ2v) is 7.39. The molecule has 19 heavy (non-hydrogen) atoms. The van der Waals surface area contributed by atoms with Gasteiger partial charge in [-0.1, -0.05) is 44.0 Å². The standard InChI is InChI=1S/C17H24ClN/c1-16(2)7-4-8-17(16)9-10-19-12-15(17)13-5-3-6-14(18)11-13/h3,5-6,11,15,19H,4,7-10,12H2,1-2H3. The Labute approximate surface area is 121 Å². The molecular weight excluding hydrogens is 254 g/mol. The van der Waals surface area contributed by atoms with Crippen molar-refractivity contribution < 1.29 is 0 Å². The van der Waals surface area contributed by atoms with Crippen LogP contribution in [0.1, 0.15) is 51.0 Å². The van der Waals surface area contributed by atoms with Crippen molar-refractivity contribution in [3.63, 3.8) is 0 Å². The van der Waals surface area contributed by atoms with Crippen LogP contribution in [-0.2, 0) is 0 Å². The van der Waals surface area contributed by atoms with Gasteiger partial charge in [0.05, 0.1) is 0 Å². The molecule has 1 N–H and O–H groups in total. The predicted molar refractivity (Wildman–Crippen MR) is 81.7 cm³/mol. The van der Waals surface area contributed by atoms with Crippen molar-refractivity contribution in [1.29, 1.82) is 0 Å². The molecule has 1 nitrogen and oxygen atoms in total. The summed E-state index contributed by atoms with van der Waals surface area (Å²) in [5, 5.41) is 4.47. The van der Waals surface area contributed by atoms with Gasteiger partial charge in [0.1, 0.15) is 0 Å². The van der Waals surface area contributed by atoms with E-state index in [9.17, 15) is 0 Å². The maximum Gasteiger partial charge on any atom is 0.0408 e. The molecule has 2 atom stereocenters. The molecule has 104 valence electrons. The highest BCUT2D eigenvalue weighted by Gasteiger charge is 2.54. The van der Waals surface area contributed by atoms with Crippen molar-refractivity contribution in [3.8, 4) is 0 Å². The zero-order chi connectivity index (χ0) is 13.5. The highest BCUT2D eigenvalue weighted by molar-refractivity contribution is 6.30. The third-order valence-electron chi connectivity index (χ3n) is 5.79. The molecule has 0 amide bonds. The lowest BCUT2D eigenvalue weighted by molar-refractivity contribution is 0.0419.